The number of aliphatic hydroxyl groups excluding tert-OH is 1. The zero-order chi connectivity index (χ0) is 10.7. The van der Waals surface area contributed by atoms with Crippen molar-refractivity contribution in [3.05, 3.63) is 34.9 Å². The van der Waals surface area contributed by atoms with Crippen molar-refractivity contribution < 1.29 is 5.11 Å². The monoisotopic (exact) mass is 205 g/mol. The van der Waals surface area contributed by atoms with Gasteiger partial charge in [-0.05, 0) is 49.9 Å². The minimum atomic E-state index is 0.249. The van der Waals surface area contributed by atoms with E-state index in [1.807, 2.05) is 0 Å². The third-order valence-electron chi connectivity index (χ3n) is 3.12. The van der Waals surface area contributed by atoms with E-state index in [1.54, 1.807) is 0 Å². The number of aliphatic hydroxyl groups is 1. The molecule has 1 aliphatic rings. The first-order valence-corrected chi connectivity index (χ1v) is 5.69. The highest BCUT2D eigenvalue weighted by molar-refractivity contribution is 5.32. The van der Waals surface area contributed by atoms with Gasteiger partial charge in [-0.3, -0.25) is 0 Å². The Morgan fingerprint density at radius 1 is 1.33 bits per heavy atom. The van der Waals surface area contributed by atoms with Crippen LogP contribution in [0.3, 0.4) is 0 Å². The molecule has 2 heteroatoms. The summed E-state index contributed by atoms with van der Waals surface area (Å²) < 4.78 is 0. The number of hydrogen-bond acceptors (Lipinski definition) is 2. The van der Waals surface area contributed by atoms with Gasteiger partial charge in [-0.2, -0.15) is 0 Å². The average molecular weight is 205 g/mol. The molecule has 0 bridgehead atoms. The summed E-state index contributed by atoms with van der Waals surface area (Å²) in [5.74, 6) is 0.796. The van der Waals surface area contributed by atoms with Crippen LogP contribution in [0, 0.1) is 12.8 Å². The van der Waals surface area contributed by atoms with E-state index in [0.29, 0.717) is 0 Å². The Bertz CT molecular complexity index is 331. The van der Waals surface area contributed by atoms with Gasteiger partial charge in [0.05, 0.1) is 0 Å². The van der Waals surface area contributed by atoms with Gasteiger partial charge in [0.2, 0.25) is 0 Å². The van der Waals surface area contributed by atoms with Crippen molar-refractivity contribution in [3.63, 3.8) is 0 Å². The largest absolute Gasteiger partial charge is 0.396 e. The number of hydrogen-bond donors (Lipinski definition) is 2. The van der Waals surface area contributed by atoms with E-state index >= 15 is 0 Å². The lowest BCUT2D eigenvalue weighted by molar-refractivity contribution is 0.298. The van der Waals surface area contributed by atoms with Crippen LogP contribution >= 0.6 is 0 Å². The molecule has 1 aliphatic heterocycles. The van der Waals surface area contributed by atoms with Crippen LogP contribution in [0.5, 0.6) is 0 Å². The molecular formula is C13H19NO. The number of benzene rings is 1. The summed E-state index contributed by atoms with van der Waals surface area (Å²) in [7, 11) is 0. The first-order chi connectivity index (χ1) is 7.29. The van der Waals surface area contributed by atoms with Gasteiger partial charge in [0.25, 0.3) is 0 Å². The van der Waals surface area contributed by atoms with E-state index in [4.69, 9.17) is 5.11 Å². The summed E-state index contributed by atoms with van der Waals surface area (Å²) >= 11 is 0. The molecule has 1 aromatic rings. The molecule has 0 amide bonds. The second-order valence-corrected chi connectivity index (χ2v) is 4.47. The van der Waals surface area contributed by atoms with Crippen LogP contribution in [0.1, 0.15) is 16.7 Å². The zero-order valence-electron chi connectivity index (χ0n) is 9.29. The Hall–Kier alpha value is -0.860. The molecule has 2 rings (SSSR count). The Morgan fingerprint density at radius 2 is 2.13 bits per heavy atom. The SMILES string of the molecule is Cc1ccc(CCO)c(CC2CNC2)c1. The van der Waals surface area contributed by atoms with Gasteiger partial charge < -0.3 is 10.4 Å². The molecule has 1 aromatic carbocycles. The van der Waals surface area contributed by atoms with Crippen molar-refractivity contribution in [1.82, 2.24) is 5.32 Å². The third-order valence-corrected chi connectivity index (χ3v) is 3.12. The molecule has 2 N–H and O–H groups in total. The Labute approximate surface area is 91.3 Å². The number of aryl methyl sites for hydroxylation is 1. The van der Waals surface area contributed by atoms with Crippen molar-refractivity contribution in [3.8, 4) is 0 Å². The molecule has 15 heavy (non-hydrogen) atoms. The summed E-state index contributed by atoms with van der Waals surface area (Å²) in [5.41, 5.74) is 4.06. The summed E-state index contributed by atoms with van der Waals surface area (Å²) in [6, 6.07) is 6.56. The molecule has 2 nitrogen and oxygen atoms in total. The first-order valence-electron chi connectivity index (χ1n) is 5.69. The van der Waals surface area contributed by atoms with E-state index < -0.39 is 0 Å². The lowest BCUT2D eigenvalue weighted by Gasteiger charge is -2.28. The summed E-state index contributed by atoms with van der Waals surface area (Å²) in [6.45, 7) is 4.67. The maximum absolute atomic E-state index is 9.01. The van der Waals surface area contributed by atoms with Crippen molar-refractivity contribution >= 4 is 0 Å². The maximum atomic E-state index is 9.01. The molecule has 1 heterocycles. The van der Waals surface area contributed by atoms with E-state index in [-0.39, 0.29) is 6.61 Å². The van der Waals surface area contributed by atoms with Crippen molar-refractivity contribution in [2.75, 3.05) is 19.7 Å². The minimum Gasteiger partial charge on any atom is -0.396 e. The summed E-state index contributed by atoms with van der Waals surface area (Å²) in [5, 5.41) is 12.3. The lowest BCUT2D eigenvalue weighted by Crippen LogP contribution is -2.43. The van der Waals surface area contributed by atoms with Crippen LogP contribution in [0.25, 0.3) is 0 Å². The topological polar surface area (TPSA) is 32.3 Å². The molecular weight excluding hydrogens is 186 g/mol. The quantitative estimate of drug-likeness (QED) is 0.776. The molecule has 0 aliphatic carbocycles. The highest BCUT2D eigenvalue weighted by Crippen LogP contribution is 2.18. The second-order valence-electron chi connectivity index (χ2n) is 4.47. The fourth-order valence-corrected chi connectivity index (χ4v) is 2.11. The van der Waals surface area contributed by atoms with Gasteiger partial charge >= 0.3 is 0 Å². The number of rotatable bonds is 4. The van der Waals surface area contributed by atoms with Gasteiger partial charge in [-0.25, -0.2) is 0 Å². The van der Waals surface area contributed by atoms with Gasteiger partial charge in [0.15, 0.2) is 0 Å². The summed E-state index contributed by atoms with van der Waals surface area (Å²) in [4.78, 5) is 0. The van der Waals surface area contributed by atoms with Crippen LogP contribution in [-0.4, -0.2) is 24.8 Å². The molecule has 0 radical (unpaired) electrons. The molecule has 82 valence electrons. The van der Waals surface area contributed by atoms with E-state index in [2.05, 4.69) is 30.4 Å². The number of nitrogens with one attached hydrogen (secondary N) is 1. The van der Waals surface area contributed by atoms with Crippen LogP contribution < -0.4 is 5.32 Å². The Balaban J connectivity index is 2.13. The predicted octanol–water partition coefficient (Wildman–Crippen LogP) is 1.29. The minimum absolute atomic E-state index is 0.249. The fourth-order valence-electron chi connectivity index (χ4n) is 2.11. The smallest absolute Gasteiger partial charge is 0.0471 e. The third kappa shape index (κ3) is 2.58. The van der Waals surface area contributed by atoms with Gasteiger partial charge in [0.1, 0.15) is 0 Å². The highest BCUT2D eigenvalue weighted by atomic mass is 16.2. The zero-order valence-corrected chi connectivity index (χ0v) is 9.29. The first kappa shape index (κ1) is 10.7. The lowest BCUT2D eigenvalue weighted by atomic mass is 9.90. The predicted molar refractivity (Wildman–Crippen MR) is 62.0 cm³/mol. The van der Waals surface area contributed by atoms with Gasteiger partial charge in [0, 0.05) is 6.61 Å². The Morgan fingerprint density at radius 3 is 2.73 bits per heavy atom. The molecule has 0 saturated carbocycles. The standard InChI is InChI=1S/C13H19NO/c1-10-2-3-12(4-5-15)13(6-10)7-11-8-14-9-11/h2-3,6,11,14-15H,4-5,7-9H2,1H3. The fraction of sp³-hybridized carbons (Fsp3) is 0.538. The van der Waals surface area contributed by atoms with Crippen LogP contribution in [0.15, 0.2) is 18.2 Å². The highest BCUT2D eigenvalue weighted by Gasteiger charge is 2.18. The van der Waals surface area contributed by atoms with Crippen LogP contribution in [-0.2, 0) is 12.8 Å². The normalized spacial score (nSPS) is 16.4. The Kier molecular flexibility index (Phi) is 3.39. The van der Waals surface area contributed by atoms with Gasteiger partial charge in [-0.1, -0.05) is 23.8 Å². The molecule has 1 fully saturated rings. The molecule has 0 atom stereocenters. The van der Waals surface area contributed by atoms with Crippen LogP contribution in [0.2, 0.25) is 0 Å². The summed E-state index contributed by atoms with van der Waals surface area (Å²) in [6.07, 6.45) is 1.94. The second kappa shape index (κ2) is 4.77. The van der Waals surface area contributed by atoms with Crippen molar-refractivity contribution in [1.29, 1.82) is 0 Å². The maximum Gasteiger partial charge on any atom is 0.0471 e. The van der Waals surface area contributed by atoms with E-state index in [0.717, 1.165) is 31.8 Å². The van der Waals surface area contributed by atoms with Crippen molar-refractivity contribution in [2.24, 2.45) is 5.92 Å². The van der Waals surface area contributed by atoms with Gasteiger partial charge in [-0.15, -0.1) is 0 Å². The molecule has 0 unspecified atom stereocenters. The van der Waals surface area contributed by atoms with Crippen LogP contribution in [0.4, 0.5) is 0 Å². The van der Waals surface area contributed by atoms with E-state index in [9.17, 15) is 0 Å². The van der Waals surface area contributed by atoms with E-state index in [1.165, 1.54) is 16.7 Å². The average Bonchev–Trinajstić information content (AvgIpc) is 2.16. The van der Waals surface area contributed by atoms with Crippen molar-refractivity contribution in [2.45, 2.75) is 19.8 Å². The molecule has 1 saturated heterocycles. The molecule has 0 aromatic heterocycles. The molecule has 0 spiro atoms.